The summed E-state index contributed by atoms with van der Waals surface area (Å²) in [5, 5.41) is 22.0. The maximum Gasteiger partial charge on any atom is 0.214 e. The minimum atomic E-state index is 0.565. The Balaban J connectivity index is 1.48. The van der Waals surface area contributed by atoms with Crippen LogP contribution in [0, 0.1) is 0 Å². The SMILES string of the molecule is C1CC1c1nnc(N(c2nnc(C3CC3)s2)C2CC2)s1. The van der Waals surface area contributed by atoms with Gasteiger partial charge >= 0.3 is 0 Å². The van der Waals surface area contributed by atoms with Crippen LogP contribution in [0.15, 0.2) is 0 Å². The van der Waals surface area contributed by atoms with Crippen molar-refractivity contribution >= 4 is 32.9 Å². The zero-order valence-corrected chi connectivity index (χ0v) is 12.7. The van der Waals surface area contributed by atoms with E-state index < -0.39 is 0 Å². The van der Waals surface area contributed by atoms with Crippen LogP contribution in [0.3, 0.4) is 0 Å². The van der Waals surface area contributed by atoms with Crippen LogP contribution in [-0.4, -0.2) is 26.4 Å². The van der Waals surface area contributed by atoms with E-state index in [1.807, 2.05) is 0 Å². The van der Waals surface area contributed by atoms with E-state index in [0.29, 0.717) is 17.9 Å². The summed E-state index contributed by atoms with van der Waals surface area (Å²) < 4.78 is 0. The highest BCUT2D eigenvalue weighted by atomic mass is 32.1. The third kappa shape index (κ3) is 2.03. The van der Waals surface area contributed by atoms with E-state index >= 15 is 0 Å². The van der Waals surface area contributed by atoms with Crippen molar-refractivity contribution in [2.24, 2.45) is 0 Å². The van der Waals surface area contributed by atoms with Crippen LogP contribution in [-0.2, 0) is 0 Å². The summed E-state index contributed by atoms with van der Waals surface area (Å²) in [5.41, 5.74) is 0. The monoisotopic (exact) mass is 305 g/mol. The van der Waals surface area contributed by atoms with Gasteiger partial charge in [0.2, 0.25) is 10.3 Å². The Morgan fingerprint density at radius 1 is 0.700 bits per heavy atom. The Labute approximate surface area is 125 Å². The van der Waals surface area contributed by atoms with Gasteiger partial charge in [-0.2, -0.15) is 0 Å². The summed E-state index contributed by atoms with van der Waals surface area (Å²) >= 11 is 3.50. The Kier molecular flexibility index (Phi) is 2.43. The van der Waals surface area contributed by atoms with E-state index in [4.69, 9.17) is 0 Å². The van der Waals surface area contributed by atoms with Crippen molar-refractivity contribution in [1.82, 2.24) is 20.4 Å². The lowest BCUT2D eigenvalue weighted by Crippen LogP contribution is -2.19. The van der Waals surface area contributed by atoms with E-state index in [9.17, 15) is 0 Å². The zero-order chi connectivity index (χ0) is 13.1. The largest absolute Gasteiger partial charge is 0.288 e. The topological polar surface area (TPSA) is 54.8 Å². The minimum Gasteiger partial charge on any atom is -0.288 e. The van der Waals surface area contributed by atoms with Crippen LogP contribution in [0.1, 0.15) is 60.4 Å². The summed E-state index contributed by atoms with van der Waals surface area (Å²) in [6, 6.07) is 0.565. The quantitative estimate of drug-likeness (QED) is 0.847. The van der Waals surface area contributed by atoms with Crippen LogP contribution in [0.25, 0.3) is 0 Å². The van der Waals surface area contributed by atoms with Gasteiger partial charge in [-0.05, 0) is 38.5 Å². The van der Waals surface area contributed by atoms with Gasteiger partial charge in [-0.1, -0.05) is 22.7 Å². The second-order valence-electron chi connectivity index (χ2n) is 6.00. The Bertz CT molecular complexity index is 588. The highest BCUT2D eigenvalue weighted by Gasteiger charge is 2.37. The molecule has 3 aliphatic rings. The lowest BCUT2D eigenvalue weighted by molar-refractivity contribution is 0.887. The van der Waals surface area contributed by atoms with Gasteiger partial charge in [0.05, 0.1) is 0 Å². The summed E-state index contributed by atoms with van der Waals surface area (Å²) in [7, 11) is 0. The van der Waals surface area contributed by atoms with E-state index in [-0.39, 0.29) is 0 Å². The minimum absolute atomic E-state index is 0.565. The predicted octanol–water partition coefficient (Wildman–Crippen LogP) is 3.44. The average Bonchev–Trinajstić information content (AvgIpc) is 3.32. The van der Waals surface area contributed by atoms with Crippen LogP contribution >= 0.6 is 22.7 Å². The number of rotatable bonds is 5. The average molecular weight is 305 g/mol. The summed E-state index contributed by atoms with van der Waals surface area (Å²) in [5.74, 6) is 1.36. The Morgan fingerprint density at radius 3 is 1.60 bits per heavy atom. The molecule has 0 saturated heterocycles. The molecule has 2 aromatic rings. The zero-order valence-electron chi connectivity index (χ0n) is 11.0. The summed E-state index contributed by atoms with van der Waals surface area (Å²) in [6.45, 7) is 0. The molecule has 0 spiro atoms. The fraction of sp³-hybridized carbons (Fsp3) is 0.692. The molecule has 7 heteroatoms. The van der Waals surface area contributed by atoms with Crippen LogP contribution < -0.4 is 4.90 Å². The molecule has 0 aliphatic heterocycles. The standard InChI is InChI=1S/C13H15N5S2/c1-2-7(1)10-14-16-12(19-10)18(9-5-6-9)13-17-15-11(20-13)8-3-4-8/h7-9H,1-6H2. The van der Waals surface area contributed by atoms with E-state index in [2.05, 4.69) is 25.3 Å². The van der Waals surface area contributed by atoms with Gasteiger partial charge in [0, 0.05) is 17.9 Å². The molecule has 5 nitrogen and oxygen atoms in total. The van der Waals surface area contributed by atoms with E-state index in [1.165, 1.54) is 48.5 Å². The third-order valence-corrected chi connectivity index (χ3v) is 6.21. The van der Waals surface area contributed by atoms with Crippen molar-refractivity contribution in [3.05, 3.63) is 10.0 Å². The van der Waals surface area contributed by atoms with E-state index in [0.717, 1.165) is 10.3 Å². The van der Waals surface area contributed by atoms with Crippen LogP contribution in [0.5, 0.6) is 0 Å². The van der Waals surface area contributed by atoms with Gasteiger partial charge in [-0.3, -0.25) is 4.90 Å². The lowest BCUT2D eigenvalue weighted by atomic mass is 10.5. The molecule has 0 unspecified atom stereocenters. The first-order valence-corrected chi connectivity index (χ1v) is 8.98. The fourth-order valence-electron chi connectivity index (χ4n) is 2.36. The molecule has 3 fully saturated rings. The number of aromatic nitrogens is 4. The number of anilines is 2. The summed E-state index contributed by atoms with van der Waals surface area (Å²) in [4.78, 5) is 2.28. The molecule has 5 rings (SSSR count). The molecule has 0 atom stereocenters. The molecule has 0 bridgehead atoms. The normalized spacial score (nSPS) is 22.2. The number of nitrogens with zero attached hydrogens (tertiary/aromatic N) is 5. The second-order valence-corrected chi connectivity index (χ2v) is 7.97. The first-order valence-electron chi connectivity index (χ1n) is 7.34. The second kappa shape index (κ2) is 4.21. The predicted molar refractivity (Wildman–Crippen MR) is 78.9 cm³/mol. The molecule has 0 radical (unpaired) electrons. The number of hydrogen-bond acceptors (Lipinski definition) is 7. The first-order chi connectivity index (χ1) is 9.88. The molecule has 3 aliphatic carbocycles. The molecule has 0 aromatic carbocycles. The van der Waals surface area contributed by atoms with Gasteiger partial charge in [0.15, 0.2) is 0 Å². The molecule has 0 N–H and O–H groups in total. The number of hydrogen-bond donors (Lipinski definition) is 0. The van der Waals surface area contributed by atoms with Crippen molar-refractivity contribution in [3.8, 4) is 0 Å². The smallest absolute Gasteiger partial charge is 0.214 e. The lowest BCUT2D eigenvalue weighted by Gasteiger charge is -2.16. The van der Waals surface area contributed by atoms with Crippen LogP contribution in [0.2, 0.25) is 0 Å². The Hall–Kier alpha value is -1.08. The molecular formula is C13H15N5S2. The van der Waals surface area contributed by atoms with Crippen molar-refractivity contribution in [1.29, 1.82) is 0 Å². The Morgan fingerprint density at radius 2 is 1.20 bits per heavy atom. The maximum absolute atomic E-state index is 4.42. The maximum atomic E-state index is 4.42. The fourth-order valence-corrected chi connectivity index (χ4v) is 4.60. The molecule has 0 amide bonds. The molecular weight excluding hydrogens is 290 g/mol. The van der Waals surface area contributed by atoms with E-state index in [1.54, 1.807) is 22.7 Å². The first kappa shape index (κ1) is 11.6. The summed E-state index contributed by atoms with van der Waals surface area (Å²) in [6.07, 6.45) is 7.59. The van der Waals surface area contributed by atoms with Crippen molar-refractivity contribution < 1.29 is 0 Å². The highest BCUT2D eigenvalue weighted by Crippen LogP contribution is 2.48. The van der Waals surface area contributed by atoms with Gasteiger partial charge in [0.25, 0.3) is 0 Å². The van der Waals surface area contributed by atoms with Crippen LogP contribution in [0.4, 0.5) is 10.3 Å². The highest BCUT2D eigenvalue weighted by molar-refractivity contribution is 7.17. The molecule has 20 heavy (non-hydrogen) atoms. The third-order valence-electron chi connectivity index (χ3n) is 4.04. The van der Waals surface area contributed by atoms with Crippen molar-refractivity contribution in [3.63, 3.8) is 0 Å². The molecule has 104 valence electrons. The van der Waals surface area contributed by atoms with Gasteiger partial charge in [0.1, 0.15) is 10.0 Å². The molecule has 3 saturated carbocycles. The molecule has 2 aromatic heterocycles. The van der Waals surface area contributed by atoms with Gasteiger partial charge in [-0.15, -0.1) is 20.4 Å². The molecule has 2 heterocycles. The van der Waals surface area contributed by atoms with Gasteiger partial charge < -0.3 is 0 Å². The van der Waals surface area contributed by atoms with Gasteiger partial charge in [-0.25, -0.2) is 0 Å². The van der Waals surface area contributed by atoms with Crippen molar-refractivity contribution in [2.75, 3.05) is 4.90 Å². The van der Waals surface area contributed by atoms with Crippen molar-refractivity contribution in [2.45, 2.75) is 56.4 Å².